The highest BCUT2D eigenvalue weighted by atomic mass is 16.5. The number of rotatable bonds is 7. The number of aliphatic carboxylic acids is 1. The third-order valence-corrected chi connectivity index (χ3v) is 5.39. The fraction of sp³-hybridized carbons (Fsp3) is 0.391. The molecule has 1 atom stereocenters. The van der Waals surface area contributed by atoms with E-state index in [9.17, 15) is 9.59 Å². The van der Waals surface area contributed by atoms with E-state index in [-0.39, 0.29) is 23.8 Å². The monoisotopic (exact) mass is 381 g/mol. The molecule has 0 aliphatic heterocycles. The molecule has 148 valence electrons. The zero-order valence-electron chi connectivity index (χ0n) is 16.1. The molecule has 1 amide bonds. The molecule has 0 spiro atoms. The van der Waals surface area contributed by atoms with Gasteiger partial charge in [-0.1, -0.05) is 42.5 Å². The predicted molar refractivity (Wildman–Crippen MR) is 107 cm³/mol. The van der Waals surface area contributed by atoms with Crippen LogP contribution in [0, 0.1) is 11.8 Å². The minimum absolute atomic E-state index is 0.00780. The van der Waals surface area contributed by atoms with Crippen molar-refractivity contribution in [2.45, 2.75) is 38.6 Å². The van der Waals surface area contributed by atoms with Crippen molar-refractivity contribution in [3.63, 3.8) is 0 Å². The van der Waals surface area contributed by atoms with Gasteiger partial charge in [0.1, 0.15) is 5.75 Å². The largest absolute Gasteiger partial charge is 0.494 e. The van der Waals surface area contributed by atoms with Gasteiger partial charge in [-0.3, -0.25) is 9.59 Å². The summed E-state index contributed by atoms with van der Waals surface area (Å²) in [5.74, 6) is -0.414. The Bertz CT molecular complexity index is 780. The van der Waals surface area contributed by atoms with Crippen LogP contribution in [0.1, 0.15) is 49.8 Å². The van der Waals surface area contributed by atoms with Crippen molar-refractivity contribution >= 4 is 11.9 Å². The van der Waals surface area contributed by atoms with Crippen LogP contribution in [0.2, 0.25) is 0 Å². The van der Waals surface area contributed by atoms with Crippen LogP contribution in [0.25, 0.3) is 0 Å². The van der Waals surface area contributed by atoms with Gasteiger partial charge in [0.25, 0.3) is 0 Å². The maximum absolute atomic E-state index is 12.9. The lowest BCUT2D eigenvalue weighted by Crippen LogP contribution is -2.37. The summed E-state index contributed by atoms with van der Waals surface area (Å²) in [7, 11) is 0. The second kappa shape index (κ2) is 9.40. The molecule has 2 N–H and O–H groups in total. The van der Waals surface area contributed by atoms with E-state index in [2.05, 4.69) is 5.32 Å². The van der Waals surface area contributed by atoms with Crippen molar-refractivity contribution in [1.82, 2.24) is 5.32 Å². The Hall–Kier alpha value is -2.82. The number of hydrogen-bond acceptors (Lipinski definition) is 3. The second-order valence-corrected chi connectivity index (χ2v) is 7.24. The molecule has 0 saturated heterocycles. The number of carboxylic acid groups (broad SMARTS) is 1. The number of amides is 1. The van der Waals surface area contributed by atoms with Gasteiger partial charge >= 0.3 is 5.97 Å². The summed E-state index contributed by atoms with van der Waals surface area (Å²) in [5, 5.41) is 12.3. The van der Waals surface area contributed by atoms with E-state index in [0.717, 1.165) is 16.9 Å². The van der Waals surface area contributed by atoms with Gasteiger partial charge < -0.3 is 15.2 Å². The Balaban J connectivity index is 1.75. The normalized spacial score (nSPS) is 20.2. The van der Waals surface area contributed by atoms with Gasteiger partial charge in [0.2, 0.25) is 5.91 Å². The molecule has 5 nitrogen and oxygen atoms in total. The van der Waals surface area contributed by atoms with E-state index in [4.69, 9.17) is 9.84 Å². The summed E-state index contributed by atoms with van der Waals surface area (Å²) >= 11 is 0. The van der Waals surface area contributed by atoms with Crippen LogP contribution in [-0.2, 0) is 9.59 Å². The number of carbonyl (C=O) groups excluding carboxylic acids is 1. The van der Waals surface area contributed by atoms with Gasteiger partial charge in [-0.2, -0.15) is 0 Å². The van der Waals surface area contributed by atoms with E-state index in [0.29, 0.717) is 32.3 Å². The molecule has 1 fully saturated rings. The van der Waals surface area contributed by atoms with Crippen molar-refractivity contribution in [3.8, 4) is 5.75 Å². The van der Waals surface area contributed by atoms with E-state index in [1.807, 2.05) is 61.5 Å². The summed E-state index contributed by atoms with van der Waals surface area (Å²) in [6.07, 6.45) is 2.36. The highest BCUT2D eigenvalue weighted by Crippen LogP contribution is 2.31. The van der Waals surface area contributed by atoms with Crippen molar-refractivity contribution in [2.24, 2.45) is 11.8 Å². The van der Waals surface area contributed by atoms with Gasteiger partial charge in [-0.15, -0.1) is 0 Å². The molecule has 0 aromatic heterocycles. The first-order valence-electron chi connectivity index (χ1n) is 9.89. The van der Waals surface area contributed by atoms with Crippen LogP contribution in [0.15, 0.2) is 54.6 Å². The number of hydrogen-bond donors (Lipinski definition) is 2. The molecule has 1 saturated carbocycles. The lowest BCUT2D eigenvalue weighted by molar-refractivity contribution is -0.144. The molecule has 2 aromatic carbocycles. The van der Waals surface area contributed by atoms with Gasteiger partial charge in [0.15, 0.2) is 0 Å². The lowest BCUT2D eigenvalue weighted by atomic mass is 9.81. The molecule has 1 aliphatic rings. The standard InChI is InChI=1S/C23H27NO4/c1-2-28-20-14-12-17(13-15-20)21(16-6-4-3-5-7-16)24-22(25)18-8-10-19(11-9-18)23(26)27/h3-7,12-15,18-19,21H,2,8-11H2,1H3,(H,24,25)(H,26,27). The average molecular weight is 381 g/mol. The van der Waals surface area contributed by atoms with E-state index in [1.165, 1.54) is 0 Å². The van der Waals surface area contributed by atoms with Crippen LogP contribution < -0.4 is 10.1 Å². The number of carboxylic acids is 1. The number of nitrogens with one attached hydrogen (secondary N) is 1. The summed E-state index contributed by atoms with van der Waals surface area (Å²) in [6.45, 7) is 2.55. The highest BCUT2D eigenvalue weighted by Gasteiger charge is 2.31. The Morgan fingerprint density at radius 3 is 2.11 bits per heavy atom. The zero-order chi connectivity index (χ0) is 19.9. The van der Waals surface area contributed by atoms with E-state index >= 15 is 0 Å². The molecule has 5 heteroatoms. The molecule has 1 aliphatic carbocycles. The quantitative estimate of drug-likeness (QED) is 0.754. The molecule has 3 rings (SSSR count). The van der Waals surface area contributed by atoms with Crippen LogP contribution in [0.5, 0.6) is 5.75 Å². The Kier molecular flexibility index (Phi) is 6.69. The zero-order valence-corrected chi connectivity index (χ0v) is 16.1. The Morgan fingerprint density at radius 2 is 1.54 bits per heavy atom. The van der Waals surface area contributed by atoms with Gasteiger partial charge in [-0.25, -0.2) is 0 Å². The molecule has 28 heavy (non-hydrogen) atoms. The fourth-order valence-corrected chi connectivity index (χ4v) is 3.79. The summed E-state index contributed by atoms with van der Waals surface area (Å²) in [5.41, 5.74) is 2.00. The van der Waals surface area contributed by atoms with Gasteiger partial charge in [0.05, 0.1) is 18.6 Å². The number of carbonyl (C=O) groups is 2. The van der Waals surface area contributed by atoms with Gasteiger partial charge in [0, 0.05) is 5.92 Å². The summed E-state index contributed by atoms with van der Waals surface area (Å²) in [6, 6.07) is 17.4. The van der Waals surface area contributed by atoms with Crippen molar-refractivity contribution in [3.05, 3.63) is 65.7 Å². The van der Waals surface area contributed by atoms with Crippen LogP contribution in [0.3, 0.4) is 0 Å². The third kappa shape index (κ3) is 4.91. The molecule has 1 unspecified atom stereocenters. The minimum atomic E-state index is -0.754. The highest BCUT2D eigenvalue weighted by molar-refractivity contribution is 5.80. The molecule has 0 heterocycles. The van der Waals surface area contributed by atoms with E-state index in [1.54, 1.807) is 0 Å². The van der Waals surface area contributed by atoms with Crippen molar-refractivity contribution in [1.29, 1.82) is 0 Å². The van der Waals surface area contributed by atoms with E-state index < -0.39 is 5.97 Å². The second-order valence-electron chi connectivity index (χ2n) is 7.24. The molecule has 2 aromatic rings. The molecular formula is C23H27NO4. The number of benzene rings is 2. The third-order valence-electron chi connectivity index (χ3n) is 5.39. The maximum Gasteiger partial charge on any atom is 0.306 e. The topological polar surface area (TPSA) is 75.6 Å². The van der Waals surface area contributed by atoms with Crippen LogP contribution in [0.4, 0.5) is 0 Å². The maximum atomic E-state index is 12.9. The fourth-order valence-electron chi connectivity index (χ4n) is 3.79. The lowest BCUT2D eigenvalue weighted by Gasteiger charge is -2.28. The molecular weight excluding hydrogens is 354 g/mol. The smallest absolute Gasteiger partial charge is 0.306 e. The van der Waals surface area contributed by atoms with Crippen molar-refractivity contribution in [2.75, 3.05) is 6.61 Å². The first-order valence-corrected chi connectivity index (χ1v) is 9.89. The minimum Gasteiger partial charge on any atom is -0.494 e. The van der Waals surface area contributed by atoms with Crippen LogP contribution in [-0.4, -0.2) is 23.6 Å². The van der Waals surface area contributed by atoms with Crippen LogP contribution >= 0.6 is 0 Å². The summed E-state index contributed by atoms with van der Waals surface area (Å²) < 4.78 is 5.52. The first-order chi connectivity index (χ1) is 13.6. The predicted octanol–water partition coefficient (Wildman–Crippen LogP) is 4.18. The first kappa shape index (κ1) is 19.9. The summed E-state index contributed by atoms with van der Waals surface area (Å²) in [4.78, 5) is 24.1. The Morgan fingerprint density at radius 1 is 0.964 bits per heavy atom. The SMILES string of the molecule is CCOc1ccc(C(NC(=O)C2CCC(C(=O)O)CC2)c2ccccc2)cc1. The van der Waals surface area contributed by atoms with Crippen molar-refractivity contribution < 1.29 is 19.4 Å². The molecule has 0 bridgehead atoms. The molecule has 0 radical (unpaired) electrons. The average Bonchev–Trinajstić information content (AvgIpc) is 2.73. The number of ether oxygens (including phenoxy) is 1. The Labute approximate surface area is 165 Å². The van der Waals surface area contributed by atoms with Gasteiger partial charge in [-0.05, 0) is 55.9 Å².